The molecule has 7 heteroatoms. The number of rotatable bonds is 2. The fourth-order valence-corrected chi connectivity index (χ4v) is 2.71. The van der Waals surface area contributed by atoms with Crippen molar-refractivity contribution in [1.82, 2.24) is 19.5 Å². The molecule has 0 amide bonds. The summed E-state index contributed by atoms with van der Waals surface area (Å²) in [5, 5.41) is 0. The summed E-state index contributed by atoms with van der Waals surface area (Å²) in [6.45, 7) is 4.33. The average molecular weight is 262 g/mol. The maximum absolute atomic E-state index is 6.04. The molecule has 0 bridgehead atoms. The number of fused-ring (bicyclic) bond motifs is 1. The molecule has 1 fully saturated rings. The molecule has 1 saturated heterocycles. The molecular weight excluding hydrogens is 244 g/mol. The molecule has 2 aromatic heterocycles. The van der Waals surface area contributed by atoms with Gasteiger partial charge in [-0.3, -0.25) is 4.57 Å². The molecule has 102 valence electrons. The summed E-state index contributed by atoms with van der Waals surface area (Å²) in [4.78, 5) is 12.4. The van der Waals surface area contributed by atoms with Crippen molar-refractivity contribution in [3.8, 4) is 0 Å². The van der Waals surface area contributed by atoms with Crippen LogP contribution in [0.1, 0.15) is 32.9 Å². The first kappa shape index (κ1) is 12.2. The van der Waals surface area contributed by atoms with Crippen LogP contribution in [0.2, 0.25) is 0 Å². The number of hydrogen-bond acceptors (Lipinski definition) is 6. The lowest BCUT2D eigenvalue weighted by molar-refractivity contribution is -0.00303. The zero-order valence-corrected chi connectivity index (χ0v) is 11.1. The van der Waals surface area contributed by atoms with Crippen LogP contribution in [0, 0.1) is 5.92 Å². The van der Waals surface area contributed by atoms with Crippen LogP contribution in [0.25, 0.3) is 11.2 Å². The van der Waals surface area contributed by atoms with Gasteiger partial charge in [0.1, 0.15) is 11.7 Å². The van der Waals surface area contributed by atoms with E-state index in [1.54, 1.807) is 6.33 Å². The Labute approximate surface area is 111 Å². The SMILES string of the molecule is CCC1OC(n2cnc3c(N)nc(N)nc32)CC1C. The standard InChI is InChI=1S/C12H18N6O/c1-3-7-6(2)4-8(19-7)18-5-15-9-10(13)16-12(14)17-11(9)18/h5-8H,3-4H2,1-2H3,(H4,13,14,16,17). The Morgan fingerprint density at radius 2 is 2.21 bits per heavy atom. The van der Waals surface area contributed by atoms with Gasteiger partial charge in [0.05, 0.1) is 12.4 Å². The van der Waals surface area contributed by atoms with Gasteiger partial charge in [0.15, 0.2) is 11.5 Å². The number of aromatic nitrogens is 4. The van der Waals surface area contributed by atoms with Crippen molar-refractivity contribution in [2.75, 3.05) is 11.5 Å². The van der Waals surface area contributed by atoms with Crippen LogP contribution in [0.3, 0.4) is 0 Å². The average Bonchev–Trinajstić information content (AvgIpc) is 2.92. The van der Waals surface area contributed by atoms with E-state index in [2.05, 4.69) is 28.8 Å². The number of hydrogen-bond donors (Lipinski definition) is 2. The first-order valence-corrected chi connectivity index (χ1v) is 6.51. The van der Waals surface area contributed by atoms with Crippen molar-refractivity contribution < 1.29 is 4.74 Å². The van der Waals surface area contributed by atoms with Crippen molar-refractivity contribution in [3.63, 3.8) is 0 Å². The number of nitrogens with two attached hydrogens (primary N) is 2. The first-order valence-electron chi connectivity index (χ1n) is 6.51. The zero-order chi connectivity index (χ0) is 13.6. The largest absolute Gasteiger partial charge is 0.382 e. The molecule has 0 radical (unpaired) electrons. The molecule has 4 N–H and O–H groups in total. The molecule has 0 aromatic carbocycles. The highest BCUT2D eigenvalue weighted by molar-refractivity contribution is 5.82. The summed E-state index contributed by atoms with van der Waals surface area (Å²) < 4.78 is 7.93. The number of imidazole rings is 1. The molecule has 0 spiro atoms. The monoisotopic (exact) mass is 262 g/mol. The Morgan fingerprint density at radius 1 is 1.42 bits per heavy atom. The van der Waals surface area contributed by atoms with Gasteiger partial charge in [0.2, 0.25) is 5.95 Å². The molecule has 7 nitrogen and oxygen atoms in total. The second-order valence-corrected chi connectivity index (χ2v) is 5.04. The van der Waals surface area contributed by atoms with E-state index in [4.69, 9.17) is 16.2 Å². The lowest BCUT2D eigenvalue weighted by Crippen LogP contribution is -2.13. The Morgan fingerprint density at radius 3 is 2.89 bits per heavy atom. The number of nitrogen functional groups attached to an aromatic ring is 2. The number of nitrogens with zero attached hydrogens (tertiary/aromatic N) is 4. The molecule has 0 aliphatic carbocycles. The minimum absolute atomic E-state index is 0.0568. The quantitative estimate of drug-likeness (QED) is 0.845. The fourth-order valence-electron chi connectivity index (χ4n) is 2.71. The zero-order valence-electron chi connectivity index (χ0n) is 11.1. The number of ether oxygens (including phenoxy) is 1. The van der Waals surface area contributed by atoms with E-state index in [0.29, 0.717) is 22.9 Å². The predicted octanol–water partition coefficient (Wildman–Crippen LogP) is 1.32. The van der Waals surface area contributed by atoms with E-state index in [1.165, 1.54) is 0 Å². The summed E-state index contributed by atoms with van der Waals surface area (Å²) >= 11 is 0. The summed E-state index contributed by atoms with van der Waals surface area (Å²) in [7, 11) is 0. The Kier molecular flexibility index (Phi) is 2.78. The van der Waals surface area contributed by atoms with E-state index >= 15 is 0 Å². The van der Waals surface area contributed by atoms with E-state index in [9.17, 15) is 0 Å². The lowest BCUT2D eigenvalue weighted by atomic mass is 10.0. The third kappa shape index (κ3) is 1.90. The second-order valence-electron chi connectivity index (χ2n) is 5.04. The van der Waals surface area contributed by atoms with Crippen LogP contribution in [-0.2, 0) is 4.74 Å². The molecule has 19 heavy (non-hydrogen) atoms. The highest BCUT2D eigenvalue weighted by Crippen LogP contribution is 2.36. The smallest absolute Gasteiger partial charge is 0.224 e. The molecule has 3 rings (SSSR count). The van der Waals surface area contributed by atoms with Gasteiger partial charge in [-0.25, -0.2) is 4.98 Å². The summed E-state index contributed by atoms with van der Waals surface area (Å²) in [6, 6.07) is 0. The Balaban J connectivity index is 2.02. The molecule has 1 aliphatic heterocycles. The predicted molar refractivity (Wildman–Crippen MR) is 72.1 cm³/mol. The van der Waals surface area contributed by atoms with Gasteiger partial charge in [0.25, 0.3) is 0 Å². The maximum Gasteiger partial charge on any atom is 0.224 e. The molecule has 2 aromatic rings. The van der Waals surface area contributed by atoms with Gasteiger partial charge in [-0.1, -0.05) is 13.8 Å². The molecular formula is C12H18N6O. The lowest BCUT2D eigenvalue weighted by Gasteiger charge is -2.14. The van der Waals surface area contributed by atoms with E-state index in [0.717, 1.165) is 12.8 Å². The van der Waals surface area contributed by atoms with Gasteiger partial charge in [-0.15, -0.1) is 0 Å². The van der Waals surface area contributed by atoms with Gasteiger partial charge < -0.3 is 16.2 Å². The van der Waals surface area contributed by atoms with Crippen LogP contribution < -0.4 is 11.5 Å². The van der Waals surface area contributed by atoms with Crippen LogP contribution in [0.5, 0.6) is 0 Å². The van der Waals surface area contributed by atoms with Crippen LogP contribution in [-0.4, -0.2) is 25.6 Å². The van der Waals surface area contributed by atoms with Crippen molar-refractivity contribution >= 4 is 22.9 Å². The normalized spacial score (nSPS) is 27.2. The number of anilines is 2. The van der Waals surface area contributed by atoms with E-state index in [-0.39, 0.29) is 18.3 Å². The third-order valence-electron chi connectivity index (χ3n) is 3.72. The molecule has 1 aliphatic rings. The van der Waals surface area contributed by atoms with Crippen LogP contribution in [0.15, 0.2) is 6.33 Å². The van der Waals surface area contributed by atoms with Gasteiger partial charge in [0, 0.05) is 0 Å². The highest BCUT2D eigenvalue weighted by atomic mass is 16.5. The molecule has 3 unspecified atom stereocenters. The first-order chi connectivity index (χ1) is 9.10. The summed E-state index contributed by atoms with van der Waals surface area (Å²) in [6.07, 6.45) is 3.86. The maximum atomic E-state index is 6.04. The third-order valence-corrected chi connectivity index (χ3v) is 3.72. The molecule has 3 atom stereocenters. The Bertz CT molecular complexity index is 610. The fraction of sp³-hybridized carbons (Fsp3) is 0.583. The molecule has 3 heterocycles. The highest BCUT2D eigenvalue weighted by Gasteiger charge is 2.33. The van der Waals surface area contributed by atoms with Gasteiger partial charge in [-0.05, 0) is 18.8 Å². The van der Waals surface area contributed by atoms with E-state index in [1.807, 2.05) is 4.57 Å². The van der Waals surface area contributed by atoms with E-state index < -0.39 is 0 Å². The minimum atomic E-state index is -0.0568. The van der Waals surface area contributed by atoms with Crippen molar-refractivity contribution in [2.45, 2.75) is 39.0 Å². The van der Waals surface area contributed by atoms with Gasteiger partial charge in [-0.2, -0.15) is 9.97 Å². The van der Waals surface area contributed by atoms with Crippen LogP contribution >= 0.6 is 0 Å². The van der Waals surface area contributed by atoms with Crippen molar-refractivity contribution in [2.24, 2.45) is 5.92 Å². The van der Waals surface area contributed by atoms with Crippen molar-refractivity contribution in [1.29, 1.82) is 0 Å². The van der Waals surface area contributed by atoms with Crippen molar-refractivity contribution in [3.05, 3.63) is 6.33 Å². The topological polar surface area (TPSA) is 105 Å². The van der Waals surface area contributed by atoms with Crippen LogP contribution in [0.4, 0.5) is 11.8 Å². The molecule has 0 saturated carbocycles. The Hall–Kier alpha value is -1.89. The second kappa shape index (κ2) is 4.34. The summed E-state index contributed by atoms with van der Waals surface area (Å²) in [5.74, 6) is 0.980. The summed E-state index contributed by atoms with van der Waals surface area (Å²) in [5.41, 5.74) is 12.7. The van der Waals surface area contributed by atoms with Gasteiger partial charge >= 0.3 is 0 Å². The minimum Gasteiger partial charge on any atom is -0.382 e.